The van der Waals surface area contributed by atoms with Crippen molar-refractivity contribution in [2.45, 2.75) is 25.5 Å². The van der Waals surface area contributed by atoms with E-state index in [2.05, 4.69) is 15.9 Å². The highest BCUT2D eigenvalue weighted by molar-refractivity contribution is 9.09. The van der Waals surface area contributed by atoms with E-state index >= 15 is 0 Å². The predicted molar refractivity (Wildman–Crippen MR) is 40.3 cm³/mol. The third kappa shape index (κ3) is 1.62. The lowest BCUT2D eigenvalue weighted by Crippen LogP contribution is -1.91. The third-order valence-corrected chi connectivity index (χ3v) is 1.46. The molecule has 0 aliphatic heterocycles. The van der Waals surface area contributed by atoms with E-state index < -0.39 is 25.5 Å². The molecule has 1 atom stereocenters. The Morgan fingerprint density at radius 3 is 3.38 bits per heavy atom. The minimum atomic E-state index is -2.70. The number of rotatable bonds is 1. The lowest BCUT2D eigenvalue weighted by molar-refractivity contribution is 0.704. The van der Waals surface area contributed by atoms with Crippen LogP contribution in [0.3, 0.4) is 0 Å². The van der Waals surface area contributed by atoms with E-state index in [1.54, 1.807) is 0 Å². The zero-order valence-electron chi connectivity index (χ0n) is 11.2. The van der Waals surface area contributed by atoms with Gasteiger partial charge in [-0.05, 0) is 25.5 Å². The molecule has 0 nitrogen and oxygen atoms in total. The molecule has 0 saturated heterocycles. The van der Waals surface area contributed by atoms with Gasteiger partial charge in [-0.2, -0.15) is 0 Å². The number of alkyl halides is 1. The van der Waals surface area contributed by atoms with Gasteiger partial charge in [-0.15, -0.1) is 0 Å². The minimum Gasteiger partial charge on any atom is -0.0880 e. The molecule has 1 unspecified atom stereocenters. The van der Waals surface area contributed by atoms with E-state index in [-0.39, 0.29) is 10.9 Å². The van der Waals surface area contributed by atoms with Gasteiger partial charge < -0.3 is 0 Å². The topological polar surface area (TPSA) is 0 Å². The van der Waals surface area contributed by atoms with E-state index in [4.69, 9.17) is 9.60 Å². The van der Waals surface area contributed by atoms with Gasteiger partial charge in [0.15, 0.2) is 0 Å². The Labute approximate surface area is 68.9 Å². The minimum absolute atomic E-state index is 0.177. The highest BCUT2D eigenvalue weighted by Crippen LogP contribution is 2.18. The Morgan fingerprint density at radius 1 is 1.75 bits per heavy atom. The SMILES string of the molecule is [2H]C1C(CBr)=CC([2H])([2H])C([2H])([2H])C1([2H])[2H]. The van der Waals surface area contributed by atoms with E-state index in [0.29, 0.717) is 0 Å². The molecule has 0 bridgehead atoms. The largest absolute Gasteiger partial charge is 0.0880 e. The van der Waals surface area contributed by atoms with Crippen molar-refractivity contribution >= 4 is 15.9 Å². The molecular weight excluding hydrogens is 164 g/mol. The Morgan fingerprint density at radius 2 is 2.62 bits per heavy atom. The van der Waals surface area contributed by atoms with Crippen LogP contribution in [0.25, 0.3) is 0 Å². The summed E-state index contributed by atoms with van der Waals surface area (Å²) in [5.74, 6) is 0. The average Bonchev–Trinajstić information content (AvgIpc) is 2.10. The van der Waals surface area contributed by atoms with Crippen molar-refractivity contribution in [2.75, 3.05) is 5.33 Å². The summed E-state index contributed by atoms with van der Waals surface area (Å²) in [7, 11) is 0. The molecule has 0 saturated carbocycles. The van der Waals surface area contributed by atoms with E-state index in [0.717, 1.165) is 6.08 Å². The molecule has 0 amide bonds. The van der Waals surface area contributed by atoms with E-state index in [1.807, 2.05) is 0 Å². The van der Waals surface area contributed by atoms with Crippen molar-refractivity contribution in [1.82, 2.24) is 0 Å². The first-order chi connectivity index (χ1) is 6.58. The van der Waals surface area contributed by atoms with Crippen molar-refractivity contribution in [3.63, 3.8) is 0 Å². The molecule has 1 rings (SSSR count). The van der Waals surface area contributed by atoms with Gasteiger partial charge >= 0.3 is 0 Å². The van der Waals surface area contributed by atoms with Gasteiger partial charge in [0.2, 0.25) is 0 Å². The van der Waals surface area contributed by atoms with Gasteiger partial charge in [-0.3, -0.25) is 0 Å². The molecule has 1 heteroatoms. The molecule has 1 aliphatic carbocycles. The van der Waals surface area contributed by atoms with Crippen LogP contribution in [0, 0.1) is 0 Å². The zero-order chi connectivity index (χ0) is 12.1. The maximum atomic E-state index is 7.58. The zero-order valence-corrected chi connectivity index (χ0v) is 5.83. The quantitative estimate of drug-likeness (QED) is 0.432. The van der Waals surface area contributed by atoms with Crippen LogP contribution in [-0.2, 0) is 0 Å². The first-order valence-corrected chi connectivity index (χ1v) is 3.40. The molecule has 46 valence electrons. The molecule has 0 fully saturated rings. The fraction of sp³-hybridized carbons (Fsp3) is 0.714. The van der Waals surface area contributed by atoms with E-state index in [1.165, 1.54) is 0 Å². The van der Waals surface area contributed by atoms with Crippen LogP contribution in [0.4, 0.5) is 0 Å². The summed E-state index contributed by atoms with van der Waals surface area (Å²) in [4.78, 5) is 0. The van der Waals surface area contributed by atoms with Crippen molar-refractivity contribution in [2.24, 2.45) is 0 Å². The van der Waals surface area contributed by atoms with Crippen LogP contribution in [0.2, 0.25) is 0 Å². The summed E-state index contributed by atoms with van der Waals surface area (Å²) >= 11 is 3.05. The summed E-state index contributed by atoms with van der Waals surface area (Å²) in [6.07, 6.45) is -7.99. The average molecular weight is 182 g/mol. The van der Waals surface area contributed by atoms with Crippen molar-refractivity contribution in [1.29, 1.82) is 0 Å². The lowest BCUT2D eigenvalue weighted by Gasteiger charge is -2.08. The molecular formula is C7H11Br. The second-order valence-electron chi connectivity index (χ2n) is 1.41. The molecule has 0 spiro atoms. The molecule has 1 aliphatic rings. The van der Waals surface area contributed by atoms with Gasteiger partial charge in [-0.25, -0.2) is 0 Å². The van der Waals surface area contributed by atoms with Crippen molar-refractivity contribution in [3.8, 4) is 0 Å². The normalized spacial score (nSPS) is 61.4. The second kappa shape index (κ2) is 3.29. The van der Waals surface area contributed by atoms with Gasteiger partial charge in [-0.1, -0.05) is 27.6 Å². The van der Waals surface area contributed by atoms with Crippen LogP contribution in [0.5, 0.6) is 0 Å². The highest BCUT2D eigenvalue weighted by atomic mass is 79.9. The maximum Gasteiger partial charge on any atom is 0.0313 e. The third-order valence-electron chi connectivity index (χ3n) is 0.814. The maximum absolute atomic E-state index is 7.58. The second-order valence-corrected chi connectivity index (χ2v) is 1.97. The summed E-state index contributed by atoms with van der Waals surface area (Å²) < 4.78 is 52.5. The number of hydrogen-bond donors (Lipinski definition) is 0. The summed E-state index contributed by atoms with van der Waals surface area (Å²) in [5.41, 5.74) is 0.236. The Bertz CT molecular complexity index is 296. The number of halogens is 1. The number of hydrogen-bond acceptors (Lipinski definition) is 0. The standard InChI is InChI=1S/C7H11Br/c8-6-7-4-2-1-3-5-7/h4H,1-3,5-6H2/i1D2,2D2,3D2,5D. The molecule has 0 heterocycles. The van der Waals surface area contributed by atoms with Crippen LogP contribution in [0.1, 0.15) is 35.1 Å². The molecule has 8 heavy (non-hydrogen) atoms. The van der Waals surface area contributed by atoms with Gasteiger partial charge in [0.1, 0.15) is 0 Å². The predicted octanol–water partition coefficient (Wildman–Crippen LogP) is 2.88. The Hall–Kier alpha value is 0.220. The molecule has 0 aromatic carbocycles. The van der Waals surface area contributed by atoms with Gasteiger partial charge in [0.25, 0.3) is 0 Å². The first kappa shape index (κ1) is 1.85. The monoisotopic (exact) mass is 181 g/mol. The van der Waals surface area contributed by atoms with Gasteiger partial charge in [0.05, 0.1) is 0 Å². The molecule has 0 aromatic heterocycles. The summed E-state index contributed by atoms with van der Waals surface area (Å²) in [5, 5.41) is 0.177. The van der Waals surface area contributed by atoms with Gasteiger partial charge in [0, 0.05) is 14.9 Å². The lowest BCUT2D eigenvalue weighted by atomic mass is 10.0. The van der Waals surface area contributed by atoms with Crippen LogP contribution in [-0.4, -0.2) is 5.33 Å². The Kier molecular flexibility index (Phi) is 0.760. The first-order valence-electron chi connectivity index (χ1n) is 5.85. The number of allylic oxidation sites excluding steroid dienone is 2. The summed E-state index contributed by atoms with van der Waals surface area (Å²) in [6, 6.07) is 0. The molecule has 0 radical (unpaired) electrons. The fourth-order valence-corrected chi connectivity index (χ4v) is 0.742. The molecule has 0 N–H and O–H groups in total. The van der Waals surface area contributed by atoms with Crippen LogP contribution in [0.15, 0.2) is 11.6 Å². The Balaban J connectivity index is 3.33. The smallest absolute Gasteiger partial charge is 0.0313 e. The van der Waals surface area contributed by atoms with Crippen molar-refractivity contribution in [3.05, 3.63) is 11.6 Å². The van der Waals surface area contributed by atoms with E-state index in [9.17, 15) is 0 Å². The van der Waals surface area contributed by atoms with Crippen LogP contribution < -0.4 is 0 Å². The van der Waals surface area contributed by atoms with Crippen LogP contribution >= 0.6 is 15.9 Å². The molecule has 0 aromatic rings. The highest BCUT2D eigenvalue weighted by Gasteiger charge is 1.99. The fourth-order valence-electron chi connectivity index (χ4n) is 0.418. The summed E-state index contributed by atoms with van der Waals surface area (Å²) in [6.45, 7) is 0. The van der Waals surface area contributed by atoms with Crippen molar-refractivity contribution < 1.29 is 9.60 Å².